The first kappa shape index (κ1) is 15.3. The molecule has 0 bridgehead atoms. The van der Waals surface area contributed by atoms with E-state index in [0.29, 0.717) is 30.4 Å². The van der Waals surface area contributed by atoms with Crippen molar-refractivity contribution in [2.45, 2.75) is 6.29 Å². The Kier molecular flexibility index (Phi) is 3.82. The van der Waals surface area contributed by atoms with E-state index in [9.17, 15) is 4.79 Å². The molecule has 125 valence electrons. The molecule has 1 amide bonds. The molecule has 0 spiro atoms. The van der Waals surface area contributed by atoms with Gasteiger partial charge in [0.15, 0.2) is 6.29 Å². The van der Waals surface area contributed by atoms with Crippen LogP contribution in [0.5, 0.6) is 5.75 Å². The number of hydrogen-bond donors (Lipinski definition) is 1. The van der Waals surface area contributed by atoms with Gasteiger partial charge < -0.3 is 9.64 Å². The van der Waals surface area contributed by atoms with E-state index < -0.39 is 0 Å². The van der Waals surface area contributed by atoms with E-state index in [2.05, 4.69) is 20.1 Å². The summed E-state index contributed by atoms with van der Waals surface area (Å²) < 4.78 is 5.81. The first-order valence-corrected chi connectivity index (χ1v) is 8.22. The topological polar surface area (TPSA) is 62.2 Å². The number of halogens is 1. The van der Waals surface area contributed by atoms with Crippen molar-refractivity contribution < 1.29 is 9.53 Å². The van der Waals surface area contributed by atoms with Gasteiger partial charge in [0.05, 0.1) is 6.54 Å². The molecule has 1 saturated heterocycles. The summed E-state index contributed by atoms with van der Waals surface area (Å²) in [6.45, 7) is 2.68. The molecular formula is C16H18ClN5O2+. The predicted octanol–water partition coefficient (Wildman–Crippen LogP) is 0.228. The minimum atomic E-state index is -0.0979. The van der Waals surface area contributed by atoms with E-state index in [-0.39, 0.29) is 12.2 Å². The lowest BCUT2D eigenvalue weighted by atomic mass is 10.2. The van der Waals surface area contributed by atoms with Crippen molar-refractivity contribution >= 4 is 23.8 Å². The highest BCUT2D eigenvalue weighted by Crippen LogP contribution is 2.28. The number of carbonyl (C=O) groups is 1. The van der Waals surface area contributed by atoms with Crippen molar-refractivity contribution in [1.82, 2.24) is 25.0 Å². The van der Waals surface area contributed by atoms with E-state index >= 15 is 0 Å². The maximum atomic E-state index is 12.5. The van der Waals surface area contributed by atoms with Crippen LogP contribution in [0.15, 0.2) is 35.8 Å². The highest BCUT2D eigenvalue weighted by molar-refractivity contribution is 6.30. The zero-order valence-corrected chi connectivity index (χ0v) is 14.0. The van der Waals surface area contributed by atoms with Crippen molar-refractivity contribution in [3.63, 3.8) is 0 Å². The third-order valence-electron chi connectivity index (χ3n) is 4.43. The zero-order valence-electron chi connectivity index (χ0n) is 13.3. The number of benzene rings is 1. The maximum absolute atomic E-state index is 12.5. The number of aliphatic imine (C=N–C) groups is 1. The van der Waals surface area contributed by atoms with Crippen molar-refractivity contribution in [1.29, 1.82) is 0 Å². The molecule has 4 rings (SSSR count). The summed E-state index contributed by atoms with van der Waals surface area (Å²) in [6, 6.07) is 7.29. The third-order valence-corrected chi connectivity index (χ3v) is 4.68. The summed E-state index contributed by atoms with van der Waals surface area (Å²) in [5, 5.41) is 3.78. The van der Waals surface area contributed by atoms with E-state index in [1.54, 1.807) is 18.5 Å². The maximum Gasteiger partial charge on any atom is 0.307 e. The number of rotatable bonds is 4. The third kappa shape index (κ3) is 2.50. The average molecular weight is 348 g/mol. The molecular weight excluding hydrogens is 330 g/mol. The second-order valence-corrected chi connectivity index (χ2v) is 6.36. The highest BCUT2D eigenvalue weighted by atomic mass is 35.5. The minimum Gasteiger partial charge on any atom is -0.492 e. The molecule has 0 aliphatic carbocycles. The van der Waals surface area contributed by atoms with Crippen LogP contribution in [0.25, 0.3) is 0 Å². The smallest absolute Gasteiger partial charge is 0.307 e. The van der Waals surface area contributed by atoms with Crippen LogP contribution in [0, 0.1) is 0 Å². The van der Waals surface area contributed by atoms with Gasteiger partial charge in [0.25, 0.3) is 12.2 Å². The van der Waals surface area contributed by atoms with Gasteiger partial charge >= 0.3 is 11.6 Å². The van der Waals surface area contributed by atoms with Gasteiger partial charge in [-0.05, 0) is 36.3 Å². The van der Waals surface area contributed by atoms with Crippen molar-refractivity contribution in [3.8, 4) is 5.75 Å². The Balaban J connectivity index is 1.50. The van der Waals surface area contributed by atoms with Gasteiger partial charge in [-0.2, -0.15) is 0 Å². The van der Waals surface area contributed by atoms with Gasteiger partial charge in [0.2, 0.25) is 0 Å². The molecule has 0 saturated carbocycles. The second kappa shape index (κ2) is 5.99. The van der Waals surface area contributed by atoms with Gasteiger partial charge in [-0.25, -0.2) is 5.32 Å². The number of fused-ring (bicyclic) bond motifs is 1. The zero-order chi connectivity index (χ0) is 16.7. The highest BCUT2D eigenvalue weighted by Gasteiger charge is 2.49. The molecule has 1 radical (unpaired) electrons. The van der Waals surface area contributed by atoms with E-state index in [4.69, 9.17) is 16.3 Å². The largest absolute Gasteiger partial charge is 0.492 e. The summed E-state index contributed by atoms with van der Waals surface area (Å²) in [5.74, 6) is 1.51. The quantitative estimate of drug-likeness (QED) is 0.844. The Bertz CT molecular complexity index is 718. The van der Waals surface area contributed by atoms with Crippen LogP contribution in [0.1, 0.15) is 0 Å². The molecule has 8 heteroatoms. The van der Waals surface area contributed by atoms with Crippen LogP contribution in [0.4, 0.5) is 0 Å². The number of carbonyl (C=O) groups excluding carboxylic acids is 1. The first-order chi connectivity index (χ1) is 11.6. The van der Waals surface area contributed by atoms with E-state index in [0.717, 1.165) is 18.1 Å². The van der Waals surface area contributed by atoms with Crippen LogP contribution in [-0.4, -0.2) is 66.5 Å². The molecule has 1 unspecified atom stereocenters. The van der Waals surface area contributed by atoms with Crippen molar-refractivity contribution in [3.05, 3.63) is 40.8 Å². The number of nitrogens with zero attached hydrogens (tertiary/aromatic N) is 4. The van der Waals surface area contributed by atoms with Gasteiger partial charge in [-0.1, -0.05) is 11.6 Å². The van der Waals surface area contributed by atoms with E-state index in [1.165, 1.54) is 0 Å². The number of hydrogen-bond acceptors (Lipinski definition) is 6. The van der Waals surface area contributed by atoms with Gasteiger partial charge in [0.1, 0.15) is 12.4 Å². The number of ether oxygens (including phenoxy) is 1. The molecule has 1 fully saturated rings. The number of likely N-dealkylation sites (N-methyl/N-ethyl adjacent to an activating group) is 1. The SMILES string of the molecule is CN1CCN2C(=O)C3=C(NC=[N+]3)N(CCOc3ccc(Cl)cc3)C12. The van der Waals surface area contributed by atoms with Crippen LogP contribution < -0.4 is 15.0 Å². The molecule has 24 heavy (non-hydrogen) atoms. The standard InChI is InChI=1S/C16H18ClN5O2/c1-20-6-7-22-15(23)13-14(19-10-18-13)21(16(20)22)8-9-24-12-4-2-11(17)3-5-12/h2-5,10,16,19H,6-9H2,1H3/q+1. The Morgan fingerprint density at radius 1 is 1.33 bits per heavy atom. The summed E-state index contributed by atoms with van der Waals surface area (Å²) in [7, 11) is 2.02. The summed E-state index contributed by atoms with van der Waals surface area (Å²) in [6.07, 6.45) is 1.47. The summed E-state index contributed by atoms with van der Waals surface area (Å²) >= 11 is 5.88. The van der Waals surface area contributed by atoms with Crippen LogP contribution in [0.2, 0.25) is 5.02 Å². The molecule has 0 aromatic heterocycles. The van der Waals surface area contributed by atoms with E-state index in [1.807, 2.05) is 24.1 Å². The molecule has 7 nitrogen and oxygen atoms in total. The fourth-order valence-corrected chi connectivity index (χ4v) is 3.41. The average Bonchev–Trinajstić information content (AvgIpc) is 3.20. The molecule has 1 aromatic carbocycles. The van der Waals surface area contributed by atoms with Crippen LogP contribution in [-0.2, 0) is 4.79 Å². The van der Waals surface area contributed by atoms with Crippen LogP contribution >= 0.6 is 11.6 Å². The van der Waals surface area contributed by atoms with Gasteiger partial charge in [0, 0.05) is 18.1 Å². The predicted molar refractivity (Wildman–Crippen MR) is 90.1 cm³/mol. The number of amides is 1. The normalized spacial score (nSPS) is 22.8. The minimum absolute atomic E-state index is 0.0181. The van der Waals surface area contributed by atoms with Crippen molar-refractivity contribution in [2.24, 2.45) is 0 Å². The molecule has 3 aliphatic rings. The van der Waals surface area contributed by atoms with Gasteiger partial charge in [-0.15, -0.1) is 0 Å². The molecule has 3 heterocycles. The Morgan fingerprint density at radius 2 is 2.12 bits per heavy atom. The van der Waals surface area contributed by atoms with Crippen molar-refractivity contribution in [2.75, 3.05) is 33.3 Å². The Morgan fingerprint density at radius 3 is 2.92 bits per heavy atom. The fraction of sp³-hybridized carbons (Fsp3) is 0.375. The lowest BCUT2D eigenvalue weighted by molar-refractivity contribution is -0.137. The summed E-state index contributed by atoms with van der Waals surface area (Å²) in [5.41, 5.74) is 0.480. The lowest BCUT2D eigenvalue weighted by Gasteiger charge is -2.40. The number of nitrogens with one attached hydrogen (secondary N) is 1. The first-order valence-electron chi connectivity index (χ1n) is 7.85. The fourth-order valence-electron chi connectivity index (χ4n) is 3.28. The Hall–Kier alpha value is -2.25. The lowest BCUT2D eigenvalue weighted by Crippen LogP contribution is -2.58. The van der Waals surface area contributed by atoms with Crippen LogP contribution in [0.3, 0.4) is 0 Å². The second-order valence-electron chi connectivity index (χ2n) is 5.92. The Labute approximate surface area is 145 Å². The molecule has 1 N–H and O–H groups in total. The monoisotopic (exact) mass is 347 g/mol. The molecule has 1 atom stereocenters. The molecule has 1 aromatic rings. The summed E-state index contributed by atoms with van der Waals surface area (Å²) in [4.78, 5) is 22.9. The molecule has 3 aliphatic heterocycles. The van der Waals surface area contributed by atoms with Gasteiger partial charge in [-0.3, -0.25) is 14.6 Å².